The minimum atomic E-state index is -0.244. The molecule has 8 heteroatoms. The third-order valence-corrected chi connectivity index (χ3v) is 6.52. The number of phenols is 1. The van der Waals surface area contributed by atoms with Crippen molar-refractivity contribution in [2.45, 2.75) is 25.2 Å². The van der Waals surface area contributed by atoms with E-state index in [-0.39, 0.29) is 17.2 Å². The number of aromatic hydroxyl groups is 1. The van der Waals surface area contributed by atoms with Crippen LogP contribution in [0.4, 0.5) is 11.6 Å². The summed E-state index contributed by atoms with van der Waals surface area (Å²) in [6, 6.07) is 16.6. The molecule has 0 fully saturated rings. The first-order chi connectivity index (χ1) is 17.7. The van der Waals surface area contributed by atoms with Crippen molar-refractivity contribution in [2.75, 3.05) is 5.32 Å². The highest BCUT2D eigenvalue weighted by atomic mass is 16.3. The van der Waals surface area contributed by atoms with Gasteiger partial charge in [0.15, 0.2) is 5.65 Å². The van der Waals surface area contributed by atoms with Gasteiger partial charge in [-0.1, -0.05) is 54.6 Å². The van der Waals surface area contributed by atoms with E-state index in [1.54, 1.807) is 47.4 Å². The van der Waals surface area contributed by atoms with Crippen LogP contribution in [-0.4, -0.2) is 29.7 Å². The van der Waals surface area contributed by atoms with E-state index in [2.05, 4.69) is 32.5 Å². The van der Waals surface area contributed by atoms with Crippen molar-refractivity contribution in [1.29, 1.82) is 0 Å². The normalized spacial score (nSPS) is 15.3. The fourth-order valence-corrected chi connectivity index (χ4v) is 4.82. The van der Waals surface area contributed by atoms with Crippen LogP contribution in [0.25, 0.3) is 28.0 Å². The number of fused-ring (bicyclic) bond motifs is 1. The fraction of sp³-hybridized carbons (Fsp3) is 0.143. The Balaban J connectivity index is 1.64. The quantitative estimate of drug-likeness (QED) is 0.292. The fourth-order valence-electron chi connectivity index (χ4n) is 4.82. The maximum absolute atomic E-state index is 14.0. The van der Waals surface area contributed by atoms with Crippen molar-refractivity contribution in [2.24, 2.45) is 0 Å². The van der Waals surface area contributed by atoms with Crippen LogP contribution in [0.5, 0.6) is 5.75 Å². The summed E-state index contributed by atoms with van der Waals surface area (Å²) in [5.41, 5.74) is 4.27. The van der Waals surface area contributed by atoms with Gasteiger partial charge in [0, 0.05) is 18.0 Å². The SMILES string of the molecule is O=c1c(-c2ccc(O)cc2)c(Nc2cnccn2)nc2c(C3CC=CCC3)c(-c3ccccc3)[nH]n12. The molecule has 1 aliphatic carbocycles. The van der Waals surface area contributed by atoms with Crippen LogP contribution >= 0.6 is 0 Å². The lowest BCUT2D eigenvalue weighted by Crippen LogP contribution is -2.20. The summed E-state index contributed by atoms with van der Waals surface area (Å²) in [4.78, 5) is 27.5. The van der Waals surface area contributed by atoms with Gasteiger partial charge in [-0.15, -0.1) is 0 Å². The third kappa shape index (κ3) is 3.92. The van der Waals surface area contributed by atoms with Crippen molar-refractivity contribution in [3.8, 4) is 28.1 Å². The Bertz CT molecular complexity index is 1610. The van der Waals surface area contributed by atoms with Crippen molar-refractivity contribution in [3.05, 3.63) is 101 Å². The number of phenolic OH excluding ortho intramolecular Hbond substituents is 1. The van der Waals surface area contributed by atoms with Crippen molar-refractivity contribution in [1.82, 2.24) is 24.6 Å². The molecule has 3 heterocycles. The lowest BCUT2D eigenvalue weighted by molar-refractivity contribution is 0.475. The first-order valence-corrected chi connectivity index (χ1v) is 11.9. The highest BCUT2D eigenvalue weighted by Crippen LogP contribution is 2.39. The van der Waals surface area contributed by atoms with Crippen LogP contribution in [0, 0.1) is 0 Å². The first-order valence-electron chi connectivity index (χ1n) is 11.9. The van der Waals surface area contributed by atoms with Crippen molar-refractivity contribution in [3.63, 3.8) is 0 Å². The molecule has 3 N–H and O–H groups in total. The molecular formula is C28H24N6O2. The molecule has 2 aromatic carbocycles. The van der Waals surface area contributed by atoms with Crippen LogP contribution in [0.15, 0.2) is 90.1 Å². The smallest absolute Gasteiger partial charge is 0.282 e. The Kier molecular flexibility index (Phi) is 5.53. The van der Waals surface area contributed by atoms with E-state index in [1.807, 2.05) is 30.3 Å². The number of hydrogen-bond acceptors (Lipinski definition) is 6. The zero-order valence-electron chi connectivity index (χ0n) is 19.4. The number of allylic oxidation sites excluding steroid dienone is 2. The van der Waals surface area contributed by atoms with Crippen LogP contribution in [-0.2, 0) is 0 Å². The van der Waals surface area contributed by atoms with Gasteiger partial charge >= 0.3 is 0 Å². The van der Waals surface area contributed by atoms with Crippen molar-refractivity contribution >= 4 is 17.3 Å². The number of hydrogen-bond donors (Lipinski definition) is 3. The molecule has 3 aromatic heterocycles. The number of aromatic nitrogens is 5. The van der Waals surface area contributed by atoms with E-state index in [9.17, 15) is 9.90 Å². The molecular weight excluding hydrogens is 452 g/mol. The van der Waals surface area contributed by atoms with Crippen LogP contribution < -0.4 is 10.9 Å². The summed E-state index contributed by atoms with van der Waals surface area (Å²) in [5, 5.41) is 16.4. The Morgan fingerprint density at radius 3 is 2.56 bits per heavy atom. The summed E-state index contributed by atoms with van der Waals surface area (Å²) in [7, 11) is 0. The topological polar surface area (TPSA) is 108 Å². The van der Waals surface area contributed by atoms with Gasteiger partial charge in [-0.3, -0.25) is 14.9 Å². The molecule has 0 bridgehead atoms. The zero-order valence-corrected chi connectivity index (χ0v) is 19.4. The van der Waals surface area contributed by atoms with Gasteiger partial charge in [-0.25, -0.2) is 14.5 Å². The highest BCUT2D eigenvalue weighted by molar-refractivity contribution is 5.81. The molecule has 0 aliphatic heterocycles. The molecule has 0 saturated carbocycles. The van der Waals surface area contributed by atoms with Gasteiger partial charge in [-0.05, 0) is 48.4 Å². The monoisotopic (exact) mass is 476 g/mol. The van der Waals surface area contributed by atoms with Crippen LogP contribution in [0.1, 0.15) is 30.7 Å². The molecule has 1 atom stereocenters. The Hall–Kier alpha value is -4.72. The minimum Gasteiger partial charge on any atom is -0.508 e. The third-order valence-electron chi connectivity index (χ3n) is 6.52. The van der Waals surface area contributed by atoms with E-state index in [4.69, 9.17) is 4.98 Å². The predicted octanol–water partition coefficient (Wildman–Crippen LogP) is 5.42. The summed E-state index contributed by atoms with van der Waals surface area (Å²) >= 11 is 0. The Morgan fingerprint density at radius 2 is 1.83 bits per heavy atom. The molecule has 5 aromatic rings. The number of H-pyrrole nitrogens is 1. The standard InChI is InChI=1S/C28H24N6O2/c35-21-13-11-19(12-14-21)24-26(31-22-17-29-15-16-30-22)32-27-23(18-7-3-1-4-8-18)25(33-34(27)28(24)36)20-9-5-2-6-10-20/h1-3,5-6,9-18,33,35H,4,7-8H2,(H,30,31). The molecule has 0 saturated heterocycles. The Morgan fingerprint density at radius 1 is 1.00 bits per heavy atom. The average Bonchev–Trinajstić information content (AvgIpc) is 3.31. The summed E-state index contributed by atoms with van der Waals surface area (Å²) < 4.78 is 1.54. The van der Waals surface area contributed by atoms with Gasteiger partial charge in [-0.2, -0.15) is 0 Å². The zero-order chi connectivity index (χ0) is 24.5. The summed E-state index contributed by atoms with van der Waals surface area (Å²) in [6.07, 6.45) is 12.0. The van der Waals surface area contributed by atoms with Crippen LogP contribution in [0.2, 0.25) is 0 Å². The molecule has 36 heavy (non-hydrogen) atoms. The van der Waals surface area contributed by atoms with E-state index >= 15 is 0 Å². The first kappa shape index (κ1) is 21.8. The number of benzene rings is 2. The highest BCUT2D eigenvalue weighted by Gasteiger charge is 2.27. The second-order valence-electron chi connectivity index (χ2n) is 8.81. The number of nitrogens with one attached hydrogen (secondary N) is 2. The number of rotatable bonds is 5. The van der Waals surface area contributed by atoms with E-state index in [1.165, 1.54) is 0 Å². The maximum Gasteiger partial charge on any atom is 0.282 e. The second kappa shape index (κ2) is 9.14. The summed E-state index contributed by atoms with van der Waals surface area (Å²) in [6.45, 7) is 0. The van der Waals surface area contributed by atoms with Crippen LogP contribution in [0.3, 0.4) is 0 Å². The van der Waals surface area contributed by atoms with E-state index in [0.717, 1.165) is 36.1 Å². The average molecular weight is 477 g/mol. The molecule has 178 valence electrons. The lowest BCUT2D eigenvalue weighted by Gasteiger charge is -2.19. The number of nitrogens with zero attached hydrogens (tertiary/aromatic N) is 4. The molecule has 0 spiro atoms. The Labute approximate surface area is 207 Å². The lowest BCUT2D eigenvalue weighted by atomic mass is 9.86. The minimum absolute atomic E-state index is 0.121. The van der Waals surface area contributed by atoms with Gasteiger partial charge < -0.3 is 10.4 Å². The molecule has 1 aliphatic rings. The van der Waals surface area contributed by atoms with Gasteiger partial charge in [0.1, 0.15) is 17.4 Å². The molecule has 0 radical (unpaired) electrons. The number of anilines is 2. The van der Waals surface area contributed by atoms with Crippen molar-refractivity contribution < 1.29 is 5.11 Å². The predicted molar refractivity (Wildman–Crippen MR) is 139 cm³/mol. The van der Waals surface area contributed by atoms with Gasteiger partial charge in [0.05, 0.1) is 17.5 Å². The molecule has 0 amide bonds. The molecule has 8 nitrogen and oxygen atoms in total. The largest absolute Gasteiger partial charge is 0.508 e. The summed E-state index contributed by atoms with van der Waals surface area (Å²) in [5.74, 6) is 1.21. The second-order valence-corrected chi connectivity index (χ2v) is 8.81. The number of aromatic amines is 1. The molecule has 6 rings (SSSR count). The molecule has 1 unspecified atom stereocenters. The van der Waals surface area contributed by atoms with E-state index in [0.29, 0.717) is 28.4 Å². The maximum atomic E-state index is 14.0. The van der Waals surface area contributed by atoms with Gasteiger partial charge in [0.25, 0.3) is 5.56 Å². The van der Waals surface area contributed by atoms with Gasteiger partial charge in [0.2, 0.25) is 0 Å². The van der Waals surface area contributed by atoms with E-state index < -0.39 is 0 Å².